The Hall–Kier alpha value is -2.34. The Bertz CT molecular complexity index is 800. The highest BCUT2D eigenvalue weighted by molar-refractivity contribution is 8.00. The SMILES string of the molecule is C[C@H](NC(=O)CSc1ccccc1F)c1nc2ccccc2[nH]1. The van der Waals surface area contributed by atoms with E-state index >= 15 is 0 Å². The summed E-state index contributed by atoms with van der Waals surface area (Å²) in [7, 11) is 0. The second-order valence-electron chi connectivity index (χ2n) is 5.15. The highest BCUT2D eigenvalue weighted by Gasteiger charge is 2.14. The van der Waals surface area contributed by atoms with Crippen LogP contribution < -0.4 is 5.32 Å². The smallest absolute Gasteiger partial charge is 0.230 e. The monoisotopic (exact) mass is 329 g/mol. The first-order valence-electron chi connectivity index (χ1n) is 7.25. The van der Waals surface area contributed by atoms with Crippen molar-refractivity contribution in [3.05, 3.63) is 60.2 Å². The molecule has 2 N–H and O–H groups in total. The van der Waals surface area contributed by atoms with Gasteiger partial charge < -0.3 is 10.3 Å². The fourth-order valence-corrected chi connectivity index (χ4v) is 2.98. The van der Waals surface area contributed by atoms with Crippen molar-refractivity contribution in [3.63, 3.8) is 0 Å². The molecule has 0 aliphatic rings. The molecule has 2 aromatic carbocycles. The van der Waals surface area contributed by atoms with Crippen molar-refractivity contribution in [1.29, 1.82) is 0 Å². The number of hydrogen-bond donors (Lipinski definition) is 2. The zero-order valence-electron chi connectivity index (χ0n) is 12.5. The van der Waals surface area contributed by atoms with Crippen molar-refractivity contribution < 1.29 is 9.18 Å². The molecule has 1 atom stereocenters. The molecule has 0 radical (unpaired) electrons. The number of hydrogen-bond acceptors (Lipinski definition) is 3. The van der Waals surface area contributed by atoms with E-state index in [1.807, 2.05) is 31.2 Å². The van der Waals surface area contributed by atoms with Crippen LogP contribution in [0.15, 0.2) is 53.4 Å². The number of carbonyl (C=O) groups excluding carboxylic acids is 1. The molecule has 1 amide bonds. The highest BCUT2D eigenvalue weighted by atomic mass is 32.2. The lowest BCUT2D eigenvalue weighted by Crippen LogP contribution is -2.28. The Kier molecular flexibility index (Phi) is 4.62. The quantitative estimate of drug-likeness (QED) is 0.702. The van der Waals surface area contributed by atoms with Crippen LogP contribution in [0.5, 0.6) is 0 Å². The van der Waals surface area contributed by atoms with Gasteiger partial charge in [0, 0.05) is 4.90 Å². The Morgan fingerprint density at radius 3 is 2.78 bits per heavy atom. The number of nitrogens with one attached hydrogen (secondary N) is 2. The Labute approximate surface area is 137 Å². The summed E-state index contributed by atoms with van der Waals surface area (Å²) in [5, 5.41) is 2.87. The Morgan fingerprint density at radius 1 is 1.26 bits per heavy atom. The molecule has 0 aliphatic carbocycles. The molecule has 0 unspecified atom stereocenters. The van der Waals surface area contributed by atoms with Crippen LogP contribution in [0.1, 0.15) is 18.8 Å². The third kappa shape index (κ3) is 3.71. The molecule has 3 rings (SSSR count). The van der Waals surface area contributed by atoms with E-state index in [0.717, 1.165) is 11.0 Å². The number of aromatic amines is 1. The minimum Gasteiger partial charge on any atom is -0.346 e. The average molecular weight is 329 g/mol. The zero-order chi connectivity index (χ0) is 16.2. The van der Waals surface area contributed by atoms with E-state index in [-0.39, 0.29) is 23.5 Å². The van der Waals surface area contributed by atoms with E-state index in [2.05, 4.69) is 15.3 Å². The number of rotatable bonds is 5. The van der Waals surface area contributed by atoms with Gasteiger partial charge in [0.1, 0.15) is 11.6 Å². The molecule has 0 fully saturated rings. The van der Waals surface area contributed by atoms with Gasteiger partial charge in [-0.3, -0.25) is 4.79 Å². The average Bonchev–Trinajstić information content (AvgIpc) is 2.98. The van der Waals surface area contributed by atoms with Gasteiger partial charge in [-0.2, -0.15) is 0 Å². The standard InChI is InChI=1S/C17H16FN3OS/c1-11(17-20-13-7-3-4-8-14(13)21-17)19-16(22)10-23-15-9-5-2-6-12(15)18/h2-9,11H,10H2,1H3,(H,19,22)(H,20,21)/t11-/m0/s1. The maximum Gasteiger partial charge on any atom is 0.230 e. The molecular weight excluding hydrogens is 313 g/mol. The fraction of sp³-hybridized carbons (Fsp3) is 0.176. The molecule has 0 spiro atoms. The van der Waals surface area contributed by atoms with E-state index in [9.17, 15) is 9.18 Å². The summed E-state index contributed by atoms with van der Waals surface area (Å²) in [6.45, 7) is 1.86. The van der Waals surface area contributed by atoms with Crippen molar-refractivity contribution in [1.82, 2.24) is 15.3 Å². The van der Waals surface area contributed by atoms with Crippen LogP contribution in [0.4, 0.5) is 4.39 Å². The number of thioether (sulfide) groups is 1. The summed E-state index contributed by atoms with van der Waals surface area (Å²) in [5.74, 6) is 0.392. The number of para-hydroxylation sites is 2. The molecule has 1 heterocycles. The fourth-order valence-electron chi connectivity index (χ4n) is 2.23. The zero-order valence-corrected chi connectivity index (χ0v) is 13.4. The van der Waals surface area contributed by atoms with Crippen LogP contribution in [0.25, 0.3) is 11.0 Å². The molecule has 3 aromatic rings. The van der Waals surface area contributed by atoms with Gasteiger partial charge in [0.2, 0.25) is 5.91 Å². The number of carbonyl (C=O) groups is 1. The maximum atomic E-state index is 13.5. The lowest BCUT2D eigenvalue weighted by molar-refractivity contribution is -0.119. The number of nitrogens with zero attached hydrogens (tertiary/aromatic N) is 1. The van der Waals surface area contributed by atoms with E-state index in [1.54, 1.807) is 18.2 Å². The van der Waals surface area contributed by atoms with Crippen LogP contribution in [0, 0.1) is 5.82 Å². The molecule has 6 heteroatoms. The number of benzene rings is 2. The lowest BCUT2D eigenvalue weighted by Gasteiger charge is -2.11. The highest BCUT2D eigenvalue weighted by Crippen LogP contribution is 2.21. The minimum atomic E-state index is -0.310. The Balaban J connectivity index is 1.60. The molecule has 4 nitrogen and oxygen atoms in total. The van der Waals surface area contributed by atoms with Crippen LogP contribution in [-0.2, 0) is 4.79 Å². The molecule has 0 saturated carbocycles. The topological polar surface area (TPSA) is 57.8 Å². The summed E-state index contributed by atoms with van der Waals surface area (Å²) in [6.07, 6.45) is 0. The first kappa shape index (κ1) is 15.6. The van der Waals surface area contributed by atoms with Crippen molar-refractivity contribution in [2.45, 2.75) is 17.9 Å². The van der Waals surface area contributed by atoms with Gasteiger partial charge in [-0.05, 0) is 31.2 Å². The van der Waals surface area contributed by atoms with Gasteiger partial charge in [0.25, 0.3) is 0 Å². The Morgan fingerprint density at radius 2 is 2.00 bits per heavy atom. The van der Waals surface area contributed by atoms with Crippen molar-refractivity contribution in [3.8, 4) is 0 Å². The maximum absolute atomic E-state index is 13.5. The first-order chi connectivity index (χ1) is 11.1. The molecule has 23 heavy (non-hydrogen) atoms. The lowest BCUT2D eigenvalue weighted by atomic mass is 10.3. The summed E-state index contributed by atoms with van der Waals surface area (Å²) in [5.41, 5.74) is 1.80. The van der Waals surface area contributed by atoms with Gasteiger partial charge in [0.05, 0.1) is 22.8 Å². The molecule has 0 bridgehead atoms. The van der Waals surface area contributed by atoms with Crippen molar-refractivity contribution >= 4 is 28.7 Å². The minimum absolute atomic E-state index is 0.158. The second-order valence-corrected chi connectivity index (χ2v) is 6.16. The molecule has 118 valence electrons. The molecular formula is C17H16FN3OS. The summed E-state index contributed by atoms with van der Waals surface area (Å²) >= 11 is 1.18. The molecule has 0 saturated heterocycles. The predicted molar refractivity (Wildman–Crippen MR) is 89.8 cm³/mol. The van der Waals surface area contributed by atoms with E-state index in [1.165, 1.54) is 17.8 Å². The molecule has 1 aromatic heterocycles. The summed E-state index contributed by atoms with van der Waals surface area (Å²) in [4.78, 5) is 20.2. The van der Waals surface area contributed by atoms with Crippen LogP contribution in [0.2, 0.25) is 0 Å². The van der Waals surface area contributed by atoms with Gasteiger partial charge >= 0.3 is 0 Å². The van der Waals surface area contributed by atoms with Gasteiger partial charge in [-0.1, -0.05) is 24.3 Å². The van der Waals surface area contributed by atoms with Gasteiger partial charge in [-0.25, -0.2) is 9.37 Å². The van der Waals surface area contributed by atoms with Crippen LogP contribution in [0.3, 0.4) is 0 Å². The largest absolute Gasteiger partial charge is 0.346 e. The van der Waals surface area contributed by atoms with Crippen LogP contribution in [-0.4, -0.2) is 21.6 Å². The number of amides is 1. The predicted octanol–water partition coefficient (Wildman–Crippen LogP) is 3.67. The van der Waals surface area contributed by atoms with Crippen molar-refractivity contribution in [2.24, 2.45) is 0 Å². The summed E-state index contributed by atoms with van der Waals surface area (Å²) in [6, 6.07) is 13.9. The number of imidazole rings is 1. The first-order valence-corrected chi connectivity index (χ1v) is 8.23. The number of aromatic nitrogens is 2. The van der Waals surface area contributed by atoms with Crippen molar-refractivity contribution in [2.75, 3.05) is 5.75 Å². The number of fused-ring (bicyclic) bond motifs is 1. The normalized spacial score (nSPS) is 12.3. The van der Waals surface area contributed by atoms with E-state index in [0.29, 0.717) is 10.7 Å². The van der Waals surface area contributed by atoms with E-state index < -0.39 is 0 Å². The number of H-pyrrole nitrogens is 1. The van der Waals surface area contributed by atoms with Gasteiger partial charge in [0.15, 0.2) is 0 Å². The van der Waals surface area contributed by atoms with Crippen LogP contribution >= 0.6 is 11.8 Å². The number of halogens is 1. The summed E-state index contributed by atoms with van der Waals surface area (Å²) < 4.78 is 13.5. The third-order valence-corrected chi connectivity index (χ3v) is 4.44. The molecule has 0 aliphatic heterocycles. The second kappa shape index (κ2) is 6.83. The van der Waals surface area contributed by atoms with Gasteiger partial charge in [-0.15, -0.1) is 11.8 Å². The van der Waals surface area contributed by atoms with E-state index in [4.69, 9.17) is 0 Å². The third-order valence-electron chi connectivity index (χ3n) is 3.39.